The van der Waals surface area contributed by atoms with E-state index in [1.54, 1.807) is 11.8 Å². The van der Waals surface area contributed by atoms with Crippen molar-refractivity contribution in [3.8, 4) is 17.1 Å². The highest BCUT2D eigenvalue weighted by atomic mass is 16.5. The second-order valence-corrected chi connectivity index (χ2v) is 5.52. The predicted octanol–water partition coefficient (Wildman–Crippen LogP) is 2.41. The van der Waals surface area contributed by atoms with Crippen molar-refractivity contribution in [3.63, 3.8) is 0 Å². The monoisotopic (exact) mass is 308 g/mol. The zero-order valence-electron chi connectivity index (χ0n) is 13.1. The van der Waals surface area contributed by atoms with E-state index in [0.717, 1.165) is 39.0 Å². The molecule has 0 spiro atoms. The summed E-state index contributed by atoms with van der Waals surface area (Å²) in [5.41, 5.74) is 10.5. The maximum absolute atomic E-state index is 6.04. The van der Waals surface area contributed by atoms with Gasteiger partial charge in [-0.2, -0.15) is 5.10 Å². The van der Waals surface area contributed by atoms with Gasteiger partial charge in [0.25, 0.3) is 0 Å². The lowest BCUT2D eigenvalue weighted by Gasteiger charge is -2.02. The number of nitrogens with two attached hydrogens (primary N) is 1. The van der Waals surface area contributed by atoms with Crippen LogP contribution in [0.25, 0.3) is 33.3 Å². The number of rotatable bonds is 2. The number of aromatic nitrogens is 5. The van der Waals surface area contributed by atoms with Gasteiger partial charge in [-0.1, -0.05) is 0 Å². The number of aryl methyl sites for hydroxylation is 2. The molecule has 7 heteroatoms. The lowest BCUT2D eigenvalue weighted by Crippen LogP contribution is -1.95. The molecule has 0 aliphatic rings. The molecule has 0 unspecified atom stereocenters. The van der Waals surface area contributed by atoms with Crippen LogP contribution in [0.1, 0.15) is 5.56 Å². The van der Waals surface area contributed by atoms with Crippen molar-refractivity contribution in [2.75, 3.05) is 12.8 Å². The zero-order chi connectivity index (χ0) is 16.1. The van der Waals surface area contributed by atoms with E-state index >= 15 is 0 Å². The van der Waals surface area contributed by atoms with Crippen LogP contribution in [0.4, 0.5) is 5.82 Å². The standard InChI is InChI=1S/C16H16N6O/c1-8-4-10(23-3)5-9-6-11(20-13(8)9)14-12-15(17)18-7-19-16(12)22(2)21-14/h4-7,20H,1-3H3,(H2,17,18,19). The highest BCUT2D eigenvalue weighted by molar-refractivity contribution is 6.00. The van der Waals surface area contributed by atoms with Crippen molar-refractivity contribution < 1.29 is 4.74 Å². The summed E-state index contributed by atoms with van der Waals surface area (Å²) in [5, 5.41) is 6.38. The molecule has 3 N–H and O–H groups in total. The van der Waals surface area contributed by atoms with Gasteiger partial charge in [-0.05, 0) is 30.7 Å². The number of nitrogen functional groups attached to an aromatic ring is 1. The number of benzene rings is 1. The highest BCUT2D eigenvalue weighted by Crippen LogP contribution is 2.33. The number of nitrogens with one attached hydrogen (secondary N) is 1. The van der Waals surface area contributed by atoms with Crippen molar-refractivity contribution in [2.45, 2.75) is 6.92 Å². The Morgan fingerprint density at radius 2 is 2.04 bits per heavy atom. The van der Waals surface area contributed by atoms with E-state index in [9.17, 15) is 0 Å². The average molecular weight is 308 g/mol. The molecule has 116 valence electrons. The van der Waals surface area contributed by atoms with Crippen LogP contribution in [-0.2, 0) is 7.05 Å². The first kappa shape index (κ1) is 13.6. The number of nitrogens with zero attached hydrogens (tertiary/aromatic N) is 4. The maximum Gasteiger partial charge on any atom is 0.163 e. The molecule has 4 rings (SSSR count). The summed E-state index contributed by atoms with van der Waals surface area (Å²) < 4.78 is 7.05. The quantitative estimate of drug-likeness (QED) is 0.593. The molecule has 4 aromatic rings. The molecular formula is C16H16N6O. The molecule has 0 bridgehead atoms. The minimum Gasteiger partial charge on any atom is -0.497 e. The van der Waals surface area contributed by atoms with Crippen LogP contribution >= 0.6 is 0 Å². The van der Waals surface area contributed by atoms with Crippen molar-refractivity contribution in [3.05, 3.63) is 30.1 Å². The summed E-state index contributed by atoms with van der Waals surface area (Å²) in [6.07, 6.45) is 1.45. The van der Waals surface area contributed by atoms with Crippen LogP contribution in [0.2, 0.25) is 0 Å². The van der Waals surface area contributed by atoms with Crippen molar-refractivity contribution in [1.29, 1.82) is 0 Å². The molecular weight excluding hydrogens is 292 g/mol. The van der Waals surface area contributed by atoms with Gasteiger partial charge in [-0.15, -0.1) is 0 Å². The smallest absolute Gasteiger partial charge is 0.163 e. The fourth-order valence-corrected chi connectivity index (χ4v) is 2.93. The van der Waals surface area contributed by atoms with Gasteiger partial charge in [0.2, 0.25) is 0 Å². The van der Waals surface area contributed by atoms with E-state index in [-0.39, 0.29) is 0 Å². The number of fused-ring (bicyclic) bond motifs is 2. The van der Waals surface area contributed by atoms with Gasteiger partial charge in [-0.25, -0.2) is 14.6 Å². The molecule has 0 fully saturated rings. The Kier molecular flexibility index (Phi) is 2.77. The third-order valence-electron chi connectivity index (χ3n) is 4.04. The number of methoxy groups -OCH3 is 1. The molecule has 0 aliphatic heterocycles. The summed E-state index contributed by atoms with van der Waals surface area (Å²) in [4.78, 5) is 11.8. The lowest BCUT2D eigenvalue weighted by atomic mass is 10.1. The summed E-state index contributed by atoms with van der Waals surface area (Å²) in [6.45, 7) is 2.04. The van der Waals surface area contributed by atoms with Crippen LogP contribution in [0.3, 0.4) is 0 Å². The maximum atomic E-state index is 6.04. The zero-order valence-corrected chi connectivity index (χ0v) is 13.1. The normalized spacial score (nSPS) is 11.4. The minimum absolute atomic E-state index is 0.422. The van der Waals surface area contributed by atoms with Crippen LogP contribution in [0, 0.1) is 6.92 Å². The van der Waals surface area contributed by atoms with Crippen molar-refractivity contribution >= 4 is 27.8 Å². The average Bonchev–Trinajstić information content (AvgIpc) is 3.10. The van der Waals surface area contributed by atoms with Crippen molar-refractivity contribution in [2.24, 2.45) is 7.05 Å². The number of H-pyrrole nitrogens is 1. The molecule has 0 saturated heterocycles. The van der Waals surface area contributed by atoms with E-state index in [1.807, 2.05) is 32.2 Å². The first-order chi connectivity index (χ1) is 11.1. The Morgan fingerprint density at radius 3 is 2.83 bits per heavy atom. The van der Waals surface area contributed by atoms with E-state index in [4.69, 9.17) is 10.5 Å². The van der Waals surface area contributed by atoms with Crippen molar-refractivity contribution in [1.82, 2.24) is 24.7 Å². The molecule has 0 amide bonds. The molecule has 0 radical (unpaired) electrons. The summed E-state index contributed by atoms with van der Waals surface area (Å²) in [6, 6.07) is 6.03. The summed E-state index contributed by atoms with van der Waals surface area (Å²) in [7, 11) is 3.51. The number of anilines is 1. The highest BCUT2D eigenvalue weighted by Gasteiger charge is 2.17. The molecule has 1 aromatic carbocycles. The van der Waals surface area contributed by atoms with Gasteiger partial charge in [0.05, 0.1) is 18.2 Å². The first-order valence-electron chi connectivity index (χ1n) is 7.19. The number of aromatic amines is 1. The summed E-state index contributed by atoms with van der Waals surface area (Å²) in [5.74, 6) is 1.25. The SMILES string of the molecule is COc1cc(C)c2[nH]c(-c3nn(C)c4ncnc(N)c34)cc2c1. The fourth-order valence-electron chi connectivity index (χ4n) is 2.93. The van der Waals surface area contributed by atoms with E-state index in [2.05, 4.69) is 20.1 Å². The second-order valence-electron chi connectivity index (χ2n) is 5.52. The van der Waals surface area contributed by atoms with Crippen LogP contribution in [0.15, 0.2) is 24.5 Å². The Bertz CT molecular complexity index is 1050. The van der Waals surface area contributed by atoms with Crippen LogP contribution in [-0.4, -0.2) is 31.8 Å². The molecule has 3 heterocycles. The van der Waals surface area contributed by atoms with Crippen LogP contribution < -0.4 is 10.5 Å². The largest absolute Gasteiger partial charge is 0.497 e. The van der Waals surface area contributed by atoms with E-state index in [0.29, 0.717) is 11.5 Å². The summed E-state index contributed by atoms with van der Waals surface area (Å²) >= 11 is 0. The molecule has 7 nitrogen and oxygen atoms in total. The molecule has 3 aromatic heterocycles. The molecule has 23 heavy (non-hydrogen) atoms. The fraction of sp³-hybridized carbons (Fsp3) is 0.188. The predicted molar refractivity (Wildman–Crippen MR) is 89.3 cm³/mol. The van der Waals surface area contributed by atoms with Gasteiger partial charge < -0.3 is 15.5 Å². The third-order valence-corrected chi connectivity index (χ3v) is 4.04. The van der Waals surface area contributed by atoms with Gasteiger partial charge in [0.1, 0.15) is 23.6 Å². The molecule has 0 atom stereocenters. The van der Waals surface area contributed by atoms with Gasteiger partial charge in [0, 0.05) is 18.0 Å². The lowest BCUT2D eigenvalue weighted by molar-refractivity contribution is 0.415. The second kappa shape index (κ2) is 4.70. The Morgan fingerprint density at radius 1 is 1.22 bits per heavy atom. The topological polar surface area (TPSA) is 94.6 Å². The number of ether oxygens (including phenoxy) is 1. The van der Waals surface area contributed by atoms with E-state index < -0.39 is 0 Å². The minimum atomic E-state index is 0.422. The third kappa shape index (κ3) is 1.93. The Hall–Kier alpha value is -3.09. The van der Waals surface area contributed by atoms with E-state index in [1.165, 1.54) is 6.33 Å². The molecule has 0 saturated carbocycles. The van der Waals surface area contributed by atoms with Gasteiger partial charge in [0.15, 0.2) is 5.65 Å². The Balaban J connectivity index is 2.02. The first-order valence-corrected chi connectivity index (χ1v) is 7.19. The number of hydrogen-bond acceptors (Lipinski definition) is 5. The Labute approximate surface area is 132 Å². The van der Waals surface area contributed by atoms with Crippen LogP contribution in [0.5, 0.6) is 5.75 Å². The molecule has 0 aliphatic carbocycles. The van der Waals surface area contributed by atoms with Gasteiger partial charge >= 0.3 is 0 Å². The van der Waals surface area contributed by atoms with Gasteiger partial charge in [-0.3, -0.25) is 0 Å². The number of hydrogen-bond donors (Lipinski definition) is 2.